The highest BCUT2D eigenvalue weighted by Crippen LogP contribution is 2.11. The van der Waals surface area contributed by atoms with Gasteiger partial charge in [-0.3, -0.25) is 4.79 Å². The van der Waals surface area contributed by atoms with Gasteiger partial charge in [0.25, 0.3) is 12.3 Å². The van der Waals surface area contributed by atoms with Crippen molar-refractivity contribution in [3.05, 3.63) is 35.6 Å². The third-order valence-electron chi connectivity index (χ3n) is 3.82. The Labute approximate surface area is 133 Å². The topological polar surface area (TPSA) is 41.6 Å². The zero-order chi connectivity index (χ0) is 16.7. The van der Waals surface area contributed by atoms with E-state index in [0.717, 1.165) is 25.9 Å². The Bertz CT molecular complexity index is 489. The van der Waals surface area contributed by atoms with Crippen LogP contribution in [0.1, 0.15) is 23.2 Å². The molecule has 128 valence electrons. The zero-order valence-electron chi connectivity index (χ0n) is 12.8. The molecular weight excluding hydrogens is 309 g/mol. The third kappa shape index (κ3) is 6.19. The summed E-state index contributed by atoms with van der Waals surface area (Å²) in [6, 6.07) is 5.51. The number of amides is 1. The number of piperidine rings is 1. The number of hydrogen-bond acceptors (Lipinski definition) is 3. The maximum atomic E-state index is 12.8. The molecule has 7 heteroatoms. The van der Waals surface area contributed by atoms with Gasteiger partial charge in [0.2, 0.25) is 0 Å². The summed E-state index contributed by atoms with van der Waals surface area (Å²) in [5.41, 5.74) is 0.439. The SMILES string of the molecule is O=C(NC1CCN(CCOCC(F)F)CC1)c1ccc(F)cc1. The van der Waals surface area contributed by atoms with Gasteiger partial charge in [-0.2, -0.15) is 0 Å². The quantitative estimate of drug-likeness (QED) is 0.780. The van der Waals surface area contributed by atoms with E-state index in [2.05, 4.69) is 10.2 Å². The van der Waals surface area contributed by atoms with Crippen molar-refractivity contribution in [2.24, 2.45) is 0 Å². The standard InChI is InChI=1S/C16H21F3N2O2/c17-13-3-1-12(2-4-13)16(22)20-14-5-7-21(8-6-14)9-10-23-11-15(18)19/h1-4,14-15H,5-11H2,(H,20,22). The van der Waals surface area contributed by atoms with E-state index in [9.17, 15) is 18.0 Å². The molecule has 0 spiro atoms. The lowest BCUT2D eigenvalue weighted by atomic mass is 10.0. The van der Waals surface area contributed by atoms with E-state index in [1.165, 1.54) is 24.3 Å². The monoisotopic (exact) mass is 330 g/mol. The summed E-state index contributed by atoms with van der Waals surface area (Å²) >= 11 is 0. The predicted molar refractivity (Wildman–Crippen MR) is 80.2 cm³/mol. The van der Waals surface area contributed by atoms with Crippen molar-refractivity contribution in [1.29, 1.82) is 0 Å². The molecule has 1 heterocycles. The number of alkyl halides is 2. The van der Waals surface area contributed by atoms with Gasteiger partial charge in [0.1, 0.15) is 12.4 Å². The van der Waals surface area contributed by atoms with Gasteiger partial charge in [-0.05, 0) is 37.1 Å². The molecule has 0 saturated carbocycles. The van der Waals surface area contributed by atoms with E-state index in [0.29, 0.717) is 12.1 Å². The molecule has 1 saturated heterocycles. The molecular formula is C16H21F3N2O2. The van der Waals surface area contributed by atoms with Gasteiger partial charge in [0, 0.05) is 31.2 Å². The van der Waals surface area contributed by atoms with Crippen LogP contribution in [-0.4, -0.2) is 56.1 Å². The molecule has 4 nitrogen and oxygen atoms in total. The molecule has 1 aliphatic rings. The molecule has 0 aliphatic carbocycles. The van der Waals surface area contributed by atoms with Crippen LogP contribution in [0.25, 0.3) is 0 Å². The van der Waals surface area contributed by atoms with Crippen molar-refractivity contribution < 1.29 is 22.7 Å². The Hall–Kier alpha value is -1.60. The first-order valence-electron chi connectivity index (χ1n) is 7.69. The van der Waals surface area contributed by atoms with E-state index >= 15 is 0 Å². The van der Waals surface area contributed by atoms with Crippen molar-refractivity contribution in [2.75, 3.05) is 32.8 Å². The van der Waals surface area contributed by atoms with Gasteiger partial charge in [0.05, 0.1) is 6.61 Å². The van der Waals surface area contributed by atoms with Crippen molar-refractivity contribution in [3.8, 4) is 0 Å². The van der Waals surface area contributed by atoms with E-state index in [1.807, 2.05) is 0 Å². The average molecular weight is 330 g/mol. The summed E-state index contributed by atoms with van der Waals surface area (Å²) < 4.78 is 41.6. The lowest BCUT2D eigenvalue weighted by Crippen LogP contribution is -2.45. The molecule has 1 aromatic rings. The molecule has 0 bridgehead atoms. The van der Waals surface area contributed by atoms with Gasteiger partial charge in [-0.15, -0.1) is 0 Å². The number of hydrogen-bond donors (Lipinski definition) is 1. The molecule has 1 aromatic carbocycles. The first-order chi connectivity index (χ1) is 11.0. The van der Waals surface area contributed by atoms with Crippen LogP contribution in [0, 0.1) is 5.82 Å². The molecule has 1 amide bonds. The predicted octanol–water partition coefficient (Wildman–Crippen LogP) is 2.30. The van der Waals surface area contributed by atoms with Gasteiger partial charge in [-0.25, -0.2) is 13.2 Å². The van der Waals surface area contributed by atoms with E-state index in [1.54, 1.807) is 0 Å². The highest BCUT2D eigenvalue weighted by molar-refractivity contribution is 5.94. The lowest BCUT2D eigenvalue weighted by molar-refractivity contribution is 0.00767. The number of carbonyl (C=O) groups excluding carboxylic acids is 1. The summed E-state index contributed by atoms with van der Waals surface area (Å²) in [6.07, 6.45) is -0.841. The minimum atomic E-state index is -2.43. The number of benzene rings is 1. The first kappa shape index (κ1) is 17.7. The van der Waals surface area contributed by atoms with E-state index < -0.39 is 13.0 Å². The maximum absolute atomic E-state index is 12.8. The van der Waals surface area contributed by atoms with Gasteiger partial charge >= 0.3 is 0 Å². The Morgan fingerprint density at radius 1 is 1.26 bits per heavy atom. The molecule has 1 aliphatic heterocycles. The van der Waals surface area contributed by atoms with Crippen LogP contribution in [0.15, 0.2) is 24.3 Å². The number of ether oxygens (including phenoxy) is 1. The van der Waals surface area contributed by atoms with Crippen LogP contribution < -0.4 is 5.32 Å². The summed E-state index contributed by atoms with van der Waals surface area (Å²) in [5, 5.41) is 2.94. The molecule has 2 rings (SSSR count). The average Bonchev–Trinajstić information content (AvgIpc) is 2.53. The van der Waals surface area contributed by atoms with Gasteiger partial charge in [0.15, 0.2) is 0 Å². The van der Waals surface area contributed by atoms with E-state index in [-0.39, 0.29) is 24.4 Å². The number of rotatable bonds is 7. The number of halogens is 3. The van der Waals surface area contributed by atoms with Crippen LogP contribution >= 0.6 is 0 Å². The van der Waals surface area contributed by atoms with Gasteiger partial charge in [-0.1, -0.05) is 0 Å². The second-order valence-electron chi connectivity index (χ2n) is 5.56. The van der Waals surface area contributed by atoms with Crippen LogP contribution in [0.3, 0.4) is 0 Å². The van der Waals surface area contributed by atoms with Crippen molar-refractivity contribution >= 4 is 5.91 Å². The maximum Gasteiger partial charge on any atom is 0.261 e. The fourth-order valence-corrected chi connectivity index (χ4v) is 2.54. The van der Waals surface area contributed by atoms with Crippen LogP contribution in [-0.2, 0) is 4.74 Å². The molecule has 0 atom stereocenters. The second-order valence-corrected chi connectivity index (χ2v) is 5.56. The highest BCUT2D eigenvalue weighted by Gasteiger charge is 2.21. The van der Waals surface area contributed by atoms with Gasteiger partial charge < -0.3 is 15.0 Å². The molecule has 1 N–H and O–H groups in total. The molecule has 0 unspecified atom stereocenters. The van der Waals surface area contributed by atoms with Crippen LogP contribution in [0.2, 0.25) is 0 Å². The minimum Gasteiger partial charge on any atom is -0.374 e. The third-order valence-corrected chi connectivity index (χ3v) is 3.82. The van der Waals surface area contributed by atoms with E-state index in [4.69, 9.17) is 4.74 Å². The molecule has 1 fully saturated rings. The van der Waals surface area contributed by atoms with Crippen molar-refractivity contribution in [3.63, 3.8) is 0 Å². The Morgan fingerprint density at radius 2 is 1.91 bits per heavy atom. The Morgan fingerprint density at radius 3 is 2.52 bits per heavy atom. The summed E-state index contributed by atoms with van der Waals surface area (Å²) in [4.78, 5) is 14.2. The summed E-state index contributed by atoms with van der Waals surface area (Å²) in [5.74, 6) is -0.576. The number of likely N-dealkylation sites (tertiary alicyclic amines) is 1. The highest BCUT2D eigenvalue weighted by atomic mass is 19.3. The van der Waals surface area contributed by atoms with Crippen molar-refractivity contribution in [1.82, 2.24) is 10.2 Å². The second kappa shape index (κ2) is 8.88. The normalized spacial score (nSPS) is 16.7. The molecule has 0 radical (unpaired) electrons. The van der Waals surface area contributed by atoms with Crippen molar-refractivity contribution in [2.45, 2.75) is 25.3 Å². The number of carbonyl (C=O) groups is 1. The summed E-state index contributed by atoms with van der Waals surface area (Å²) in [6.45, 7) is 1.95. The number of nitrogens with zero attached hydrogens (tertiary/aromatic N) is 1. The largest absolute Gasteiger partial charge is 0.374 e. The zero-order valence-corrected chi connectivity index (χ0v) is 12.8. The van der Waals surface area contributed by atoms with Crippen LogP contribution in [0.5, 0.6) is 0 Å². The van der Waals surface area contributed by atoms with Crippen LogP contribution in [0.4, 0.5) is 13.2 Å². The Balaban J connectivity index is 1.66. The molecule has 23 heavy (non-hydrogen) atoms. The first-order valence-corrected chi connectivity index (χ1v) is 7.69. The summed E-state index contributed by atoms with van der Waals surface area (Å²) in [7, 11) is 0. The molecule has 0 aromatic heterocycles. The fourth-order valence-electron chi connectivity index (χ4n) is 2.54. The lowest BCUT2D eigenvalue weighted by Gasteiger charge is -2.32. The minimum absolute atomic E-state index is 0.0748. The number of nitrogens with one attached hydrogen (secondary N) is 1. The Kier molecular flexibility index (Phi) is 6.85. The smallest absolute Gasteiger partial charge is 0.261 e. The fraction of sp³-hybridized carbons (Fsp3) is 0.562.